The van der Waals surface area contributed by atoms with E-state index in [4.69, 9.17) is 17.2 Å². The third-order valence-electron chi connectivity index (χ3n) is 5.79. The molecule has 0 radical (unpaired) electrons. The molecule has 0 unspecified atom stereocenters. The lowest BCUT2D eigenvalue weighted by atomic mass is 10.2. The molecule has 0 atom stereocenters. The zero-order valence-electron chi connectivity index (χ0n) is 19.6. The first-order valence-electron chi connectivity index (χ1n) is 11.5. The molecule has 1 aliphatic heterocycles. The number of carbonyl (C=O) groups is 2. The SMILES string of the molecule is Cc1ccc(CSc2nc3ccccc3n2C(=O)CCN2C(=O)/C(=C/c3ccccc3)SC2=S)cc1. The Morgan fingerprint density at radius 1 is 1.03 bits per heavy atom. The van der Waals surface area contributed by atoms with E-state index in [0.29, 0.717) is 20.1 Å². The number of thioether (sulfide) groups is 2. The number of benzene rings is 3. The fraction of sp³-hybridized carbons (Fsp3) is 0.143. The lowest BCUT2D eigenvalue weighted by Gasteiger charge is -2.15. The predicted octanol–water partition coefficient (Wildman–Crippen LogP) is 6.57. The Bertz CT molecular complexity index is 1480. The van der Waals surface area contributed by atoms with Gasteiger partial charge in [0.05, 0.1) is 15.9 Å². The van der Waals surface area contributed by atoms with Crippen LogP contribution < -0.4 is 0 Å². The van der Waals surface area contributed by atoms with Crippen molar-refractivity contribution in [3.63, 3.8) is 0 Å². The first-order chi connectivity index (χ1) is 17.5. The van der Waals surface area contributed by atoms with Crippen molar-refractivity contribution in [2.45, 2.75) is 24.3 Å². The number of amides is 1. The maximum absolute atomic E-state index is 13.4. The quantitative estimate of drug-likeness (QED) is 0.153. The van der Waals surface area contributed by atoms with Crippen LogP contribution in [0.3, 0.4) is 0 Å². The number of carbonyl (C=O) groups excluding carboxylic acids is 2. The first-order valence-corrected chi connectivity index (χ1v) is 13.7. The van der Waals surface area contributed by atoms with Crippen molar-refractivity contribution in [1.82, 2.24) is 14.5 Å². The van der Waals surface area contributed by atoms with Crippen molar-refractivity contribution in [2.24, 2.45) is 0 Å². The van der Waals surface area contributed by atoms with Crippen molar-refractivity contribution in [3.05, 3.63) is 100 Å². The highest BCUT2D eigenvalue weighted by Gasteiger charge is 2.32. The number of para-hydroxylation sites is 2. The number of hydrogen-bond acceptors (Lipinski definition) is 6. The Morgan fingerprint density at radius 3 is 2.53 bits per heavy atom. The smallest absolute Gasteiger partial charge is 0.266 e. The van der Waals surface area contributed by atoms with Crippen LogP contribution in [0.15, 0.2) is 88.9 Å². The molecule has 1 amide bonds. The topological polar surface area (TPSA) is 55.2 Å². The molecule has 36 heavy (non-hydrogen) atoms. The van der Waals surface area contributed by atoms with Gasteiger partial charge in [-0.3, -0.25) is 19.1 Å². The lowest BCUT2D eigenvalue weighted by molar-refractivity contribution is -0.122. The number of aryl methyl sites for hydroxylation is 1. The normalized spacial score (nSPS) is 14.8. The van der Waals surface area contributed by atoms with Gasteiger partial charge in [-0.25, -0.2) is 4.98 Å². The number of imidazole rings is 1. The first kappa shape index (κ1) is 24.5. The zero-order valence-corrected chi connectivity index (χ0v) is 22.0. The van der Waals surface area contributed by atoms with Gasteiger partial charge in [0.1, 0.15) is 4.32 Å². The van der Waals surface area contributed by atoms with Crippen LogP contribution in [0.1, 0.15) is 27.9 Å². The minimum absolute atomic E-state index is 0.115. The largest absolute Gasteiger partial charge is 0.292 e. The van der Waals surface area contributed by atoms with Gasteiger partial charge < -0.3 is 0 Å². The molecule has 5 rings (SSSR count). The van der Waals surface area contributed by atoms with E-state index in [9.17, 15) is 9.59 Å². The minimum Gasteiger partial charge on any atom is -0.292 e. The van der Waals surface area contributed by atoms with Crippen LogP contribution in [-0.4, -0.2) is 37.1 Å². The predicted molar refractivity (Wildman–Crippen MR) is 152 cm³/mol. The summed E-state index contributed by atoms with van der Waals surface area (Å²) in [5.41, 5.74) is 4.85. The van der Waals surface area contributed by atoms with E-state index >= 15 is 0 Å². The highest BCUT2D eigenvalue weighted by atomic mass is 32.2. The Kier molecular flexibility index (Phi) is 7.36. The van der Waals surface area contributed by atoms with Crippen molar-refractivity contribution in [2.75, 3.05) is 6.54 Å². The average molecular weight is 530 g/mol. The highest BCUT2D eigenvalue weighted by molar-refractivity contribution is 8.26. The number of thiocarbonyl (C=S) groups is 1. The summed E-state index contributed by atoms with van der Waals surface area (Å²) in [6.45, 7) is 2.29. The molecule has 0 bridgehead atoms. The second kappa shape index (κ2) is 10.8. The van der Waals surface area contributed by atoms with Gasteiger partial charge in [0.25, 0.3) is 5.91 Å². The van der Waals surface area contributed by atoms with Crippen LogP contribution in [0.2, 0.25) is 0 Å². The third-order valence-corrected chi connectivity index (χ3v) is 8.18. The van der Waals surface area contributed by atoms with Crippen LogP contribution >= 0.6 is 35.7 Å². The molecule has 1 saturated heterocycles. The molecule has 1 fully saturated rings. The van der Waals surface area contributed by atoms with Crippen LogP contribution in [0, 0.1) is 6.92 Å². The molecule has 3 aromatic carbocycles. The number of hydrogen-bond donors (Lipinski definition) is 0. The molecule has 5 nitrogen and oxygen atoms in total. The highest BCUT2D eigenvalue weighted by Crippen LogP contribution is 2.33. The summed E-state index contributed by atoms with van der Waals surface area (Å²) < 4.78 is 2.14. The Morgan fingerprint density at radius 2 is 1.75 bits per heavy atom. The lowest BCUT2D eigenvalue weighted by Crippen LogP contribution is -2.31. The molecular weight excluding hydrogens is 507 g/mol. The van der Waals surface area contributed by atoms with E-state index in [1.165, 1.54) is 39.6 Å². The van der Waals surface area contributed by atoms with Crippen molar-refractivity contribution in [1.29, 1.82) is 0 Å². The van der Waals surface area contributed by atoms with E-state index in [-0.39, 0.29) is 24.8 Å². The molecule has 0 N–H and O–H groups in total. The minimum atomic E-state index is -0.161. The fourth-order valence-corrected chi connectivity index (χ4v) is 6.18. The van der Waals surface area contributed by atoms with Gasteiger partial charge >= 0.3 is 0 Å². The third kappa shape index (κ3) is 5.31. The van der Waals surface area contributed by atoms with Crippen LogP contribution in [0.4, 0.5) is 0 Å². The second-order valence-electron chi connectivity index (χ2n) is 8.38. The number of aromatic nitrogens is 2. The van der Waals surface area contributed by atoms with E-state index in [2.05, 4.69) is 31.2 Å². The summed E-state index contributed by atoms with van der Waals surface area (Å²) in [4.78, 5) is 33.3. The van der Waals surface area contributed by atoms with Crippen molar-refractivity contribution in [3.8, 4) is 0 Å². The van der Waals surface area contributed by atoms with E-state index in [1.807, 2.05) is 60.7 Å². The van der Waals surface area contributed by atoms with Gasteiger partial charge in [-0.05, 0) is 36.3 Å². The molecule has 8 heteroatoms. The maximum Gasteiger partial charge on any atom is 0.266 e. The van der Waals surface area contributed by atoms with Crippen molar-refractivity contribution >= 4 is 69.0 Å². The summed E-state index contributed by atoms with van der Waals surface area (Å²) in [6, 6.07) is 25.6. The molecule has 180 valence electrons. The summed E-state index contributed by atoms with van der Waals surface area (Å²) in [7, 11) is 0. The molecule has 1 aliphatic rings. The van der Waals surface area contributed by atoms with E-state index < -0.39 is 0 Å². The Balaban J connectivity index is 1.32. The van der Waals surface area contributed by atoms with Crippen LogP contribution in [-0.2, 0) is 10.5 Å². The molecule has 0 saturated carbocycles. The molecule has 0 aliphatic carbocycles. The fourth-order valence-electron chi connectivity index (χ4n) is 3.89. The molecule has 1 aromatic heterocycles. The molecule has 0 spiro atoms. The second-order valence-corrected chi connectivity index (χ2v) is 11.0. The number of nitrogens with zero attached hydrogens (tertiary/aromatic N) is 3. The number of fused-ring (bicyclic) bond motifs is 1. The van der Waals surface area contributed by atoms with Crippen LogP contribution in [0.5, 0.6) is 0 Å². The van der Waals surface area contributed by atoms with Gasteiger partial charge in [0, 0.05) is 18.7 Å². The summed E-state index contributed by atoms with van der Waals surface area (Å²) in [5.74, 6) is 0.429. The summed E-state index contributed by atoms with van der Waals surface area (Å²) in [5, 5.41) is 0.649. The molecule has 2 heterocycles. The summed E-state index contributed by atoms with van der Waals surface area (Å²) in [6.07, 6.45) is 1.98. The van der Waals surface area contributed by atoms with E-state index in [1.54, 1.807) is 4.57 Å². The summed E-state index contributed by atoms with van der Waals surface area (Å²) >= 11 is 8.27. The number of rotatable bonds is 7. The molecular formula is C28H23N3O2S3. The monoisotopic (exact) mass is 529 g/mol. The van der Waals surface area contributed by atoms with Gasteiger partial charge in [0.15, 0.2) is 5.16 Å². The average Bonchev–Trinajstić information content (AvgIpc) is 3.39. The van der Waals surface area contributed by atoms with Gasteiger partial charge in [-0.15, -0.1) is 0 Å². The Hall–Kier alpha value is -3.20. The van der Waals surface area contributed by atoms with E-state index in [0.717, 1.165) is 16.6 Å². The van der Waals surface area contributed by atoms with Gasteiger partial charge in [0.2, 0.25) is 5.91 Å². The van der Waals surface area contributed by atoms with Crippen LogP contribution in [0.25, 0.3) is 17.1 Å². The van der Waals surface area contributed by atoms with Gasteiger partial charge in [-0.2, -0.15) is 0 Å². The Labute approximate surface area is 223 Å². The zero-order chi connectivity index (χ0) is 25.1. The van der Waals surface area contributed by atoms with Gasteiger partial charge in [-0.1, -0.05) is 108 Å². The van der Waals surface area contributed by atoms with Crippen molar-refractivity contribution < 1.29 is 9.59 Å². The molecule has 4 aromatic rings. The maximum atomic E-state index is 13.4. The standard InChI is InChI=1S/C28H23N3O2S3/c1-19-11-13-21(14-12-19)18-35-27-29-22-9-5-6-10-23(22)31(27)25(32)15-16-30-26(33)24(36-28(30)34)17-20-7-3-2-4-8-20/h2-14,17H,15-16,18H2,1H3/b24-17-.